The van der Waals surface area contributed by atoms with E-state index in [2.05, 4.69) is 74.6 Å². The van der Waals surface area contributed by atoms with Crippen LogP contribution in [0.15, 0.2) is 77.1 Å². The Labute approximate surface area is 203 Å². The van der Waals surface area contributed by atoms with E-state index in [0.717, 1.165) is 41.8 Å². The number of carbonyl (C=O) groups excluding carboxylic acids is 2. The highest BCUT2D eigenvalue weighted by molar-refractivity contribution is 6.04. The van der Waals surface area contributed by atoms with Gasteiger partial charge in [-0.15, -0.1) is 0 Å². The lowest BCUT2D eigenvalue weighted by Crippen LogP contribution is -2.38. The van der Waals surface area contributed by atoms with Gasteiger partial charge < -0.3 is 10.1 Å². The zero-order valence-electron chi connectivity index (χ0n) is 20.9. The summed E-state index contributed by atoms with van der Waals surface area (Å²) in [7, 11) is 1.40. The quantitative estimate of drug-likeness (QED) is 0.525. The van der Waals surface area contributed by atoms with E-state index in [-0.39, 0.29) is 11.2 Å². The van der Waals surface area contributed by atoms with E-state index in [1.807, 2.05) is 13.0 Å². The van der Waals surface area contributed by atoms with Gasteiger partial charge in [-0.1, -0.05) is 75.4 Å². The number of rotatable bonds is 6. The zero-order valence-corrected chi connectivity index (χ0v) is 20.9. The van der Waals surface area contributed by atoms with Crippen molar-refractivity contribution in [2.75, 3.05) is 7.11 Å². The summed E-state index contributed by atoms with van der Waals surface area (Å²) in [5, 5.41) is 3.37. The highest BCUT2D eigenvalue weighted by Gasteiger charge is 2.43. The molecular formula is C30H35NO3. The van der Waals surface area contributed by atoms with Gasteiger partial charge in [0.15, 0.2) is 5.78 Å². The molecule has 0 radical (unpaired) electrons. The molecule has 2 aromatic carbocycles. The topological polar surface area (TPSA) is 55.4 Å². The second-order valence-electron chi connectivity index (χ2n) is 10.4. The molecule has 2 atom stereocenters. The molecule has 1 aliphatic heterocycles. The van der Waals surface area contributed by atoms with Crippen LogP contribution < -0.4 is 5.32 Å². The van der Waals surface area contributed by atoms with Crippen molar-refractivity contribution in [3.05, 3.63) is 93.8 Å². The van der Waals surface area contributed by atoms with Crippen LogP contribution in [0.1, 0.15) is 75.5 Å². The standard InChI is InChI=1S/C30H35NO3/c1-6-21(16-20-10-8-7-9-11-20)22-12-14-23(15-13-22)27-26(29(33)34-5)19(2)31-24-17-30(3,4)18-25(32)28(24)27/h7-15,21,27,31H,6,16-18H2,1-5H3. The number of dihydropyridines is 1. The molecule has 4 rings (SSSR count). The van der Waals surface area contributed by atoms with Crippen molar-refractivity contribution >= 4 is 11.8 Å². The van der Waals surface area contributed by atoms with Gasteiger partial charge in [0, 0.05) is 29.3 Å². The maximum Gasteiger partial charge on any atom is 0.336 e. The van der Waals surface area contributed by atoms with Crippen LogP contribution in [0.4, 0.5) is 0 Å². The van der Waals surface area contributed by atoms with Gasteiger partial charge >= 0.3 is 5.97 Å². The fourth-order valence-electron chi connectivity index (χ4n) is 5.51. The third-order valence-corrected chi connectivity index (χ3v) is 7.20. The summed E-state index contributed by atoms with van der Waals surface area (Å²) in [5.41, 5.74) is 6.40. The maximum atomic E-state index is 13.3. The Morgan fingerprint density at radius 2 is 1.76 bits per heavy atom. The predicted molar refractivity (Wildman–Crippen MR) is 135 cm³/mol. The van der Waals surface area contributed by atoms with Gasteiger partial charge in [0.25, 0.3) is 0 Å². The molecule has 0 bridgehead atoms. The lowest BCUT2D eigenvalue weighted by molar-refractivity contribution is -0.136. The molecule has 2 unspecified atom stereocenters. The van der Waals surface area contributed by atoms with Crippen molar-refractivity contribution < 1.29 is 14.3 Å². The fourth-order valence-corrected chi connectivity index (χ4v) is 5.51. The molecule has 1 aliphatic carbocycles. The number of carbonyl (C=O) groups is 2. The Morgan fingerprint density at radius 1 is 1.09 bits per heavy atom. The van der Waals surface area contributed by atoms with E-state index in [1.165, 1.54) is 18.2 Å². The molecule has 0 saturated heterocycles. The number of Topliss-reactive ketones (excluding diaryl/α,β-unsaturated/α-hetero) is 1. The second-order valence-corrected chi connectivity index (χ2v) is 10.4. The molecule has 2 aromatic rings. The molecule has 1 heterocycles. The summed E-state index contributed by atoms with van der Waals surface area (Å²) in [5.74, 6) is -0.278. The summed E-state index contributed by atoms with van der Waals surface area (Å²) in [6.07, 6.45) is 3.28. The van der Waals surface area contributed by atoms with Gasteiger partial charge in [0.2, 0.25) is 0 Å². The summed E-state index contributed by atoms with van der Waals surface area (Å²) in [6.45, 7) is 8.35. The van der Waals surface area contributed by atoms with Crippen molar-refractivity contribution in [2.45, 2.75) is 65.2 Å². The maximum absolute atomic E-state index is 13.3. The van der Waals surface area contributed by atoms with Crippen molar-refractivity contribution in [3.63, 3.8) is 0 Å². The molecule has 4 heteroatoms. The van der Waals surface area contributed by atoms with Gasteiger partial charge in [-0.2, -0.15) is 0 Å². The minimum Gasteiger partial charge on any atom is -0.466 e. The number of hydrogen-bond acceptors (Lipinski definition) is 4. The number of esters is 1. The Bertz CT molecular complexity index is 1140. The first kappa shape index (κ1) is 24.0. The van der Waals surface area contributed by atoms with E-state index in [4.69, 9.17) is 4.74 Å². The van der Waals surface area contributed by atoms with Crippen molar-refractivity contribution in [1.29, 1.82) is 0 Å². The van der Waals surface area contributed by atoms with Crippen molar-refractivity contribution in [1.82, 2.24) is 5.32 Å². The van der Waals surface area contributed by atoms with E-state index >= 15 is 0 Å². The van der Waals surface area contributed by atoms with Gasteiger partial charge in [-0.25, -0.2) is 4.79 Å². The third-order valence-electron chi connectivity index (χ3n) is 7.20. The van der Waals surface area contributed by atoms with Crippen LogP contribution in [0.5, 0.6) is 0 Å². The Kier molecular flexibility index (Phi) is 6.79. The second kappa shape index (κ2) is 9.61. The lowest BCUT2D eigenvalue weighted by Gasteiger charge is -2.39. The number of allylic oxidation sites excluding steroid dienone is 3. The first-order valence-corrected chi connectivity index (χ1v) is 12.2. The molecule has 0 fully saturated rings. The number of nitrogens with one attached hydrogen (secondary N) is 1. The van der Waals surface area contributed by atoms with Crippen LogP contribution in [0, 0.1) is 5.41 Å². The molecule has 0 saturated carbocycles. The Hall–Kier alpha value is -3.14. The van der Waals surface area contributed by atoms with Crippen LogP contribution in [-0.2, 0) is 20.7 Å². The van der Waals surface area contributed by atoms with Crippen LogP contribution >= 0.6 is 0 Å². The van der Waals surface area contributed by atoms with E-state index < -0.39 is 11.9 Å². The number of methoxy groups -OCH3 is 1. The first-order valence-electron chi connectivity index (χ1n) is 12.2. The molecule has 178 valence electrons. The molecule has 2 aliphatic rings. The van der Waals surface area contributed by atoms with E-state index in [9.17, 15) is 9.59 Å². The molecule has 1 N–H and O–H groups in total. The predicted octanol–water partition coefficient (Wildman–Crippen LogP) is 6.20. The van der Waals surface area contributed by atoms with Crippen molar-refractivity contribution in [3.8, 4) is 0 Å². The minimum atomic E-state index is -0.407. The van der Waals surface area contributed by atoms with Crippen LogP contribution in [0.2, 0.25) is 0 Å². The van der Waals surface area contributed by atoms with E-state index in [0.29, 0.717) is 17.9 Å². The van der Waals surface area contributed by atoms with Gasteiger partial charge in [-0.05, 0) is 54.2 Å². The molecular weight excluding hydrogens is 422 g/mol. The highest BCUT2D eigenvalue weighted by atomic mass is 16.5. The van der Waals surface area contributed by atoms with Gasteiger partial charge in [0.1, 0.15) is 0 Å². The molecule has 34 heavy (non-hydrogen) atoms. The minimum absolute atomic E-state index is 0.105. The fraction of sp³-hybridized carbons (Fsp3) is 0.400. The summed E-state index contributed by atoms with van der Waals surface area (Å²) in [4.78, 5) is 26.2. The van der Waals surface area contributed by atoms with Gasteiger partial charge in [-0.3, -0.25) is 4.79 Å². The molecule has 0 spiro atoms. The first-order chi connectivity index (χ1) is 16.2. The number of benzene rings is 2. The SMILES string of the molecule is CCC(Cc1ccccc1)c1ccc(C2C(C(=O)OC)=C(C)NC3=C2C(=O)CC(C)(C)C3)cc1. The largest absolute Gasteiger partial charge is 0.466 e. The Morgan fingerprint density at radius 3 is 2.38 bits per heavy atom. The summed E-state index contributed by atoms with van der Waals surface area (Å²) in [6, 6.07) is 19.1. The summed E-state index contributed by atoms with van der Waals surface area (Å²) >= 11 is 0. The van der Waals surface area contributed by atoms with Crippen LogP contribution in [0.25, 0.3) is 0 Å². The monoisotopic (exact) mass is 457 g/mol. The zero-order chi connectivity index (χ0) is 24.5. The summed E-state index contributed by atoms with van der Waals surface area (Å²) < 4.78 is 5.14. The van der Waals surface area contributed by atoms with Crippen LogP contribution in [-0.4, -0.2) is 18.9 Å². The highest BCUT2D eigenvalue weighted by Crippen LogP contribution is 2.47. The number of ether oxygens (including phenoxy) is 1. The smallest absolute Gasteiger partial charge is 0.336 e. The normalized spacial score (nSPS) is 20.5. The average molecular weight is 458 g/mol. The number of hydrogen-bond donors (Lipinski definition) is 1. The van der Waals surface area contributed by atoms with E-state index in [1.54, 1.807) is 0 Å². The van der Waals surface area contributed by atoms with Crippen molar-refractivity contribution in [2.24, 2.45) is 5.41 Å². The molecule has 0 aromatic heterocycles. The Balaban J connectivity index is 1.72. The van der Waals surface area contributed by atoms with Crippen LogP contribution in [0.3, 0.4) is 0 Å². The third kappa shape index (κ3) is 4.72. The average Bonchev–Trinajstić information content (AvgIpc) is 2.81. The molecule has 4 nitrogen and oxygen atoms in total. The van der Waals surface area contributed by atoms with Gasteiger partial charge in [0.05, 0.1) is 12.7 Å². The lowest BCUT2D eigenvalue weighted by atomic mass is 9.68. The molecule has 0 amide bonds. The number of ketones is 1.